The highest BCUT2D eigenvalue weighted by molar-refractivity contribution is 5.82. The minimum absolute atomic E-state index is 0.156. The van der Waals surface area contributed by atoms with Crippen LogP contribution in [0.3, 0.4) is 0 Å². The SMILES string of the molecule is CC(=O)N/N=C\c1ccc(N2CCCCC2)cc1. The van der Waals surface area contributed by atoms with E-state index >= 15 is 0 Å². The molecular weight excluding hydrogens is 226 g/mol. The summed E-state index contributed by atoms with van der Waals surface area (Å²) in [6.45, 7) is 3.75. The molecule has 18 heavy (non-hydrogen) atoms. The van der Waals surface area contributed by atoms with Crippen LogP contribution in [0.1, 0.15) is 31.7 Å². The number of hydrazone groups is 1. The van der Waals surface area contributed by atoms with Crippen LogP contribution in [0.25, 0.3) is 0 Å². The molecule has 1 aliphatic heterocycles. The summed E-state index contributed by atoms with van der Waals surface area (Å²) in [5, 5.41) is 3.85. The van der Waals surface area contributed by atoms with Crippen LogP contribution in [0.5, 0.6) is 0 Å². The summed E-state index contributed by atoms with van der Waals surface area (Å²) in [5.74, 6) is -0.156. The van der Waals surface area contributed by atoms with Crippen LogP contribution >= 0.6 is 0 Å². The third-order valence-corrected chi connectivity index (χ3v) is 3.05. The first-order chi connectivity index (χ1) is 8.75. The summed E-state index contributed by atoms with van der Waals surface area (Å²) >= 11 is 0. The van der Waals surface area contributed by atoms with Crippen LogP contribution in [-0.4, -0.2) is 25.2 Å². The predicted octanol–water partition coefficient (Wildman–Crippen LogP) is 2.15. The Labute approximate surface area is 108 Å². The first kappa shape index (κ1) is 12.6. The van der Waals surface area contributed by atoms with E-state index in [9.17, 15) is 4.79 Å². The van der Waals surface area contributed by atoms with Crippen molar-refractivity contribution < 1.29 is 4.79 Å². The van der Waals surface area contributed by atoms with Crippen molar-refractivity contribution in [2.75, 3.05) is 18.0 Å². The molecule has 0 bridgehead atoms. The van der Waals surface area contributed by atoms with Gasteiger partial charge in [0, 0.05) is 25.7 Å². The molecule has 1 fully saturated rings. The monoisotopic (exact) mass is 245 g/mol. The van der Waals surface area contributed by atoms with E-state index in [4.69, 9.17) is 0 Å². The Hall–Kier alpha value is -1.84. The summed E-state index contributed by atoms with van der Waals surface area (Å²) in [6.07, 6.45) is 5.57. The van der Waals surface area contributed by atoms with E-state index in [1.807, 2.05) is 12.1 Å². The number of anilines is 1. The Balaban J connectivity index is 1.96. The summed E-state index contributed by atoms with van der Waals surface area (Å²) in [7, 11) is 0. The number of carbonyl (C=O) groups excluding carboxylic acids is 1. The minimum atomic E-state index is -0.156. The maximum Gasteiger partial charge on any atom is 0.236 e. The first-order valence-electron chi connectivity index (χ1n) is 6.40. The summed E-state index contributed by atoms with van der Waals surface area (Å²) in [6, 6.07) is 8.27. The fourth-order valence-electron chi connectivity index (χ4n) is 2.12. The summed E-state index contributed by atoms with van der Waals surface area (Å²) in [4.78, 5) is 13.1. The lowest BCUT2D eigenvalue weighted by Gasteiger charge is -2.28. The van der Waals surface area contributed by atoms with Crippen LogP contribution in [0.15, 0.2) is 29.4 Å². The summed E-state index contributed by atoms with van der Waals surface area (Å²) < 4.78 is 0. The lowest BCUT2D eigenvalue weighted by atomic mass is 10.1. The largest absolute Gasteiger partial charge is 0.372 e. The standard InChI is InChI=1S/C14H19N3O/c1-12(18)16-15-11-13-5-7-14(8-6-13)17-9-3-2-4-10-17/h5-8,11H,2-4,9-10H2,1H3,(H,16,18)/b15-11-. The topological polar surface area (TPSA) is 44.7 Å². The van der Waals surface area contributed by atoms with E-state index in [-0.39, 0.29) is 5.91 Å². The highest BCUT2D eigenvalue weighted by atomic mass is 16.2. The van der Waals surface area contributed by atoms with Gasteiger partial charge in [-0.15, -0.1) is 0 Å². The Morgan fingerprint density at radius 3 is 2.50 bits per heavy atom. The van der Waals surface area contributed by atoms with Crippen molar-refractivity contribution >= 4 is 17.8 Å². The van der Waals surface area contributed by atoms with E-state index in [2.05, 4.69) is 27.6 Å². The molecule has 1 heterocycles. The van der Waals surface area contributed by atoms with Crippen molar-refractivity contribution in [2.45, 2.75) is 26.2 Å². The molecule has 0 spiro atoms. The molecule has 1 amide bonds. The zero-order chi connectivity index (χ0) is 12.8. The number of nitrogens with one attached hydrogen (secondary N) is 1. The number of piperidine rings is 1. The Bertz CT molecular complexity index is 419. The van der Waals surface area contributed by atoms with Crippen LogP contribution in [-0.2, 0) is 4.79 Å². The van der Waals surface area contributed by atoms with Crippen LogP contribution in [0.4, 0.5) is 5.69 Å². The molecule has 0 saturated carbocycles. The van der Waals surface area contributed by atoms with Crippen molar-refractivity contribution in [3.8, 4) is 0 Å². The second kappa shape index (κ2) is 6.19. The summed E-state index contributed by atoms with van der Waals surface area (Å²) in [5.41, 5.74) is 4.65. The van der Waals surface area contributed by atoms with Crippen molar-refractivity contribution in [1.29, 1.82) is 0 Å². The maximum absolute atomic E-state index is 10.7. The lowest BCUT2D eigenvalue weighted by molar-refractivity contribution is -0.118. The van der Waals surface area contributed by atoms with E-state index in [0.717, 1.165) is 18.7 Å². The average molecular weight is 245 g/mol. The van der Waals surface area contributed by atoms with Gasteiger partial charge >= 0.3 is 0 Å². The first-order valence-corrected chi connectivity index (χ1v) is 6.40. The number of rotatable bonds is 3. The average Bonchev–Trinajstić information content (AvgIpc) is 2.40. The third kappa shape index (κ3) is 3.58. The van der Waals surface area contributed by atoms with Crippen molar-refractivity contribution in [2.24, 2.45) is 5.10 Å². The van der Waals surface area contributed by atoms with Gasteiger partial charge in [-0.05, 0) is 37.0 Å². The normalized spacial score (nSPS) is 15.9. The van der Waals surface area contributed by atoms with Crippen molar-refractivity contribution in [3.63, 3.8) is 0 Å². The van der Waals surface area contributed by atoms with Gasteiger partial charge in [-0.2, -0.15) is 5.10 Å². The number of carbonyl (C=O) groups is 1. The van der Waals surface area contributed by atoms with Gasteiger partial charge in [-0.1, -0.05) is 12.1 Å². The number of hydrogen-bond donors (Lipinski definition) is 1. The maximum atomic E-state index is 10.7. The zero-order valence-corrected chi connectivity index (χ0v) is 10.7. The van der Waals surface area contributed by atoms with Gasteiger partial charge in [0.05, 0.1) is 6.21 Å². The fraction of sp³-hybridized carbons (Fsp3) is 0.429. The molecule has 1 aliphatic rings. The van der Waals surface area contributed by atoms with Crippen LogP contribution < -0.4 is 10.3 Å². The molecule has 0 unspecified atom stereocenters. The molecule has 4 nitrogen and oxygen atoms in total. The van der Waals surface area contributed by atoms with Gasteiger partial charge in [0.25, 0.3) is 0 Å². The Morgan fingerprint density at radius 2 is 1.89 bits per heavy atom. The Morgan fingerprint density at radius 1 is 1.22 bits per heavy atom. The number of benzene rings is 1. The van der Waals surface area contributed by atoms with E-state index < -0.39 is 0 Å². The second-order valence-electron chi connectivity index (χ2n) is 4.57. The van der Waals surface area contributed by atoms with Gasteiger partial charge in [0.15, 0.2) is 0 Å². The zero-order valence-electron chi connectivity index (χ0n) is 10.7. The molecule has 1 aromatic carbocycles. The predicted molar refractivity (Wildman–Crippen MR) is 73.9 cm³/mol. The second-order valence-corrected chi connectivity index (χ2v) is 4.57. The van der Waals surface area contributed by atoms with Gasteiger partial charge in [-0.25, -0.2) is 5.43 Å². The van der Waals surface area contributed by atoms with E-state index in [1.54, 1.807) is 6.21 Å². The Kier molecular flexibility index (Phi) is 4.34. The molecule has 1 aromatic rings. The number of hydrogen-bond acceptors (Lipinski definition) is 3. The highest BCUT2D eigenvalue weighted by Crippen LogP contribution is 2.19. The highest BCUT2D eigenvalue weighted by Gasteiger charge is 2.09. The van der Waals surface area contributed by atoms with Crippen molar-refractivity contribution in [3.05, 3.63) is 29.8 Å². The molecule has 0 radical (unpaired) electrons. The van der Waals surface area contributed by atoms with Gasteiger partial charge in [-0.3, -0.25) is 4.79 Å². The van der Waals surface area contributed by atoms with Crippen LogP contribution in [0, 0.1) is 0 Å². The van der Waals surface area contributed by atoms with Gasteiger partial charge < -0.3 is 4.90 Å². The van der Waals surface area contributed by atoms with E-state index in [0.29, 0.717) is 0 Å². The molecule has 2 rings (SSSR count). The number of nitrogens with zero attached hydrogens (tertiary/aromatic N) is 2. The van der Waals surface area contributed by atoms with Gasteiger partial charge in [0.2, 0.25) is 5.91 Å². The smallest absolute Gasteiger partial charge is 0.236 e. The lowest BCUT2D eigenvalue weighted by Crippen LogP contribution is -2.29. The molecule has 96 valence electrons. The van der Waals surface area contributed by atoms with Crippen LogP contribution in [0.2, 0.25) is 0 Å². The quantitative estimate of drug-likeness (QED) is 0.655. The molecule has 1 saturated heterocycles. The molecule has 0 aliphatic carbocycles. The number of amides is 1. The fourth-order valence-corrected chi connectivity index (χ4v) is 2.12. The molecule has 0 atom stereocenters. The van der Waals surface area contributed by atoms with Crippen molar-refractivity contribution in [1.82, 2.24) is 5.43 Å². The minimum Gasteiger partial charge on any atom is -0.372 e. The van der Waals surface area contributed by atoms with Gasteiger partial charge in [0.1, 0.15) is 0 Å². The third-order valence-electron chi connectivity index (χ3n) is 3.05. The molecular formula is C14H19N3O. The molecule has 4 heteroatoms. The molecule has 0 aromatic heterocycles. The van der Waals surface area contributed by atoms with E-state index in [1.165, 1.54) is 31.9 Å². The molecule has 1 N–H and O–H groups in total.